The Hall–Kier alpha value is -1.95. The number of hydrogen-bond acceptors (Lipinski definition) is 4. The summed E-state index contributed by atoms with van der Waals surface area (Å²) in [6, 6.07) is 5.52. The zero-order valence-corrected chi connectivity index (χ0v) is 10.5. The lowest BCUT2D eigenvalue weighted by molar-refractivity contribution is 0.0687. The zero-order chi connectivity index (χ0) is 13.2. The van der Waals surface area contributed by atoms with Crippen molar-refractivity contribution in [3.8, 4) is 0 Å². The van der Waals surface area contributed by atoms with Crippen LogP contribution in [0, 0.1) is 0 Å². The molecule has 2 N–H and O–H groups in total. The second-order valence-electron chi connectivity index (χ2n) is 4.88. The van der Waals surface area contributed by atoms with E-state index in [9.17, 15) is 4.79 Å². The van der Waals surface area contributed by atoms with Crippen LogP contribution in [0.4, 0.5) is 0 Å². The van der Waals surface area contributed by atoms with Crippen molar-refractivity contribution >= 4 is 11.6 Å². The Labute approximate surface area is 110 Å². The maximum absolute atomic E-state index is 11.1. The first-order valence-corrected chi connectivity index (χ1v) is 6.55. The molecule has 0 bridgehead atoms. The predicted molar refractivity (Wildman–Crippen MR) is 69.0 cm³/mol. The first-order valence-electron chi connectivity index (χ1n) is 6.55. The van der Waals surface area contributed by atoms with E-state index in [4.69, 9.17) is 5.11 Å². The van der Waals surface area contributed by atoms with Crippen LogP contribution in [0.3, 0.4) is 0 Å². The van der Waals surface area contributed by atoms with Gasteiger partial charge in [-0.2, -0.15) is 0 Å². The molecule has 0 aromatic carbocycles. The fraction of sp³-hybridized carbons (Fsp3) is 0.462. The molecule has 2 heterocycles. The van der Waals surface area contributed by atoms with Gasteiger partial charge in [-0.25, -0.2) is 14.3 Å². The van der Waals surface area contributed by atoms with E-state index >= 15 is 0 Å². The van der Waals surface area contributed by atoms with Crippen LogP contribution >= 0.6 is 0 Å². The Morgan fingerprint density at radius 2 is 2.21 bits per heavy atom. The van der Waals surface area contributed by atoms with Gasteiger partial charge in [-0.3, -0.25) is 0 Å². The van der Waals surface area contributed by atoms with Crippen molar-refractivity contribution in [2.24, 2.45) is 0 Å². The SMILES string of the molecule is O=C(O)c1cccc2nc(CNC3CCCC3)nn12. The van der Waals surface area contributed by atoms with Crippen molar-refractivity contribution in [2.45, 2.75) is 38.3 Å². The molecule has 2 aromatic rings. The molecule has 0 saturated heterocycles. The van der Waals surface area contributed by atoms with Gasteiger partial charge in [0.1, 0.15) is 0 Å². The number of fused-ring (bicyclic) bond motifs is 1. The molecule has 6 heteroatoms. The number of rotatable bonds is 4. The molecule has 0 atom stereocenters. The fourth-order valence-electron chi connectivity index (χ4n) is 2.55. The summed E-state index contributed by atoms with van der Waals surface area (Å²) >= 11 is 0. The summed E-state index contributed by atoms with van der Waals surface area (Å²) in [5, 5.41) is 16.8. The Bertz CT molecular complexity index is 602. The van der Waals surface area contributed by atoms with Gasteiger partial charge in [-0.15, -0.1) is 5.10 Å². The third-order valence-electron chi connectivity index (χ3n) is 3.53. The number of pyridine rings is 1. The van der Waals surface area contributed by atoms with Gasteiger partial charge in [0.2, 0.25) is 0 Å². The number of aromatic nitrogens is 3. The van der Waals surface area contributed by atoms with Crippen molar-refractivity contribution in [1.82, 2.24) is 19.9 Å². The number of carboxylic acid groups (broad SMARTS) is 1. The van der Waals surface area contributed by atoms with E-state index < -0.39 is 5.97 Å². The molecule has 0 spiro atoms. The summed E-state index contributed by atoms with van der Waals surface area (Å²) in [6.07, 6.45) is 4.96. The average molecular weight is 260 g/mol. The van der Waals surface area contributed by atoms with Crippen LogP contribution in [0.2, 0.25) is 0 Å². The smallest absolute Gasteiger partial charge is 0.354 e. The fourth-order valence-corrected chi connectivity index (χ4v) is 2.55. The minimum Gasteiger partial charge on any atom is -0.477 e. The summed E-state index contributed by atoms with van der Waals surface area (Å²) in [7, 11) is 0. The van der Waals surface area contributed by atoms with E-state index in [-0.39, 0.29) is 5.69 Å². The zero-order valence-electron chi connectivity index (χ0n) is 10.5. The predicted octanol–water partition coefficient (Wildman–Crippen LogP) is 1.46. The Balaban J connectivity index is 1.80. The van der Waals surface area contributed by atoms with E-state index in [0.717, 1.165) is 0 Å². The van der Waals surface area contributed by atoms with Gasteiger partial charge in [-0.1, -0.05) is 18.9 Å². The normalized spacial score (nSPS) is 16.2. The van der Waals surface area contributed by atoms with Crippen molar-refractivity contribution in [3.05, 3.63) is 29.7 Å². The van der Waals surface area contributed by atoms with Crippen LogP contribution in [-0.2, 0) is 6.54 Å². The van der Waals surface area contributed by atoms with Crippen molar-refractivity contribution in [1.29, 1.82) is 0 Å². The maximum Gasteiger partial charge on any atom is 0.354 e. The quantitative estimate of drug-likeness (QED) is 0.870. The highest BCUT2D eigenvalue weighted by Crippen LogP contribution is 2.17. The second kappa shape index (κ2) is 4.97. The highest BCUT2D eigenvalue weighted by molar-refractivity contribution is 5.86. The van der Waals surface area contributed by atoms with Crippen LogP contribution < -0.4 is 5.32 Å². The molecule has 0 amide bonds. The van der Waals surface area contributed by atoms with E-state index in [1.54, 1.807) is 12.1 Å². The molecular formula is C13H16N4O2. The monoisotopic (exact) mass is 260 g/mol. The Morgan fingerprint density at radius 1 is 1.42 bits per heavy atom. The number of carboxylic acids is 1. The maximum atomic E-state index is 11.1. The number of aromatic carboxylic acids is 1. The number of nitrogens with one attached hydrogen (secondary N) is 1. The number of carbonyl (C=O) groups is 1. The molecule has 3 rings (SSSR count). The minimum absolute atomic E-state index is 0.136. The standard InChI is InChI=1S/C13H16N4O2/c18-13(19)10-6-3-7-12-15-11(16-17(10)12)8-14-9-4-1-2-5-9/h3,6-7,9,14H,1-2,4-5,8H2,(H,18,19). The van der Waals surface area contributed by atoms with Gasteiger partial charge >= 0.3 is 5.97 Å². The Kier molecular flexibility index (Phi) is 3.16. The first kappa shape index (κ1) is 12.1. The highest BCUT2D eigenvalue weighted by atomic mass is 16.4. The van der Waals surface area contributed by atoms with E-state index in [2.05, 4.69) is 15.4 Å². The summed E-state index contributed by atoms with van der Waals surface area (Å²) in [5.74, 6) is -0.355. The van der Waals surface area contributed by atoms with Gasteiger partial charge in [-0.05, 0) is 25.0 Å². The molecule has 1 saturated carbocycles. The lowest BCUT2D eigenvalue weighted by atomic mass is 10.2. The second-order valence-corrected chi connectivity index (χ2v) is 4.88. The van der Waals surface area contributed by atoms with Crippen LogP contribution in [0.5, 0.6) is 0 Å². The highest BCUT2D eigenvalue weighted by Gasteiger charge is 2.16. The Morgan fingerprint density at radius 3 is 2.95 bits per heavy atom. The molecule has 1 fully saturated rings. The molecule has 6 nitrogen and oxygen atoms in total. The molecule has 1 aliphatic carbocycles. The van der Waals surface area contributed by atoms with Gasteiger partial charge < -0.3 is 10.4 Å². The average Bonchev–Trinajstić information content (AvgIpc) is 3.04. The number of nitrogens with zero attached hydrogens (tertiary/aromatic N) is 3. The summed E-state index contributed by atoms with van der Waals surface area (Å²) in [4.78, 5) is 15.4. The molecule has 2 aromatic heterocycles. The molecule has 0 unspecified atom stereocenters. The van der Waals surface area contributed by atoms with Crippen LogP contribution in [0.1, 0.15) is 42.0 Å². The summed E-state index contributed by atoms with van der Waals surface area (Å²) < 4.78 is 1.38. The van der Waals surface area contributed by atoms with Crippen molar-refractivity contribution < 1.29 is 9.90 Å². The van der Waals surface area contributed by atoms with Crippen LogP contribution in [-0.4, -0.2) is 31.7 Å². The van der Waals surface area contributed by atoms with E-state index in [1.165, 1.54) is 36.3 Å². The molecule has 0 radical (unpaired) electrons. The summed E-state index contributed by atoms with van der Waals surface area (Å²) in [6.45, 7) is 0.589. The van der Waals surface area contributed by atoms with Crippen molar-refractivity contribution in [3.63, 3.8) is 0 Å². The largest absolute Gasteiger partial charge is 0.477 e. The minimum atomic E-state index is -0.995. The topological polar surface area (TPSA) is 79.5 Å². The molecule has 100 valence electrons. The van der Waals surface area contributed by atoms with Gasteiger partial charge in [0, 0.05) is 6.04 Å². The van der Waals surface area contributed by atoms with Crippen LogP contribution in [0.25, 0.3) is 5.65 Å². The third-order valence-corrected chi connectivity index (χ3v) is 3.53. The first-order chi connectivity index (χ1) is 9.24. The van der Waals surface area contributed by atoms with Crippen LogP contribution in [0.15, 0.2) is 18.2 Å². The lowest BCUT2D eigenvalue weighted by Crippen LogP contribution is -2.25. The van der Waals surface area contributed by atoms with Gasteiger partial charge in [0.05, 0.1) is 6.54 Å². The number of hydrogen-bond donors (Lipinski definition) is 2. The van der Waals surface area contributed by atoms with E-state index in [1.807, 2.05) is 0 Å². The third kappa shape index (κ3) is 2.44. The molecule has 1 aliphatic rings. The van der Waals surface area contributed by atoms with Crippen molar-refractivity contribution in [2.75, 3.05) is 0 Å². The van der Waals surface area contributed by atoms with E-state index in [0.29, 0.717) is 24.1 Å². The molecule has 19 heavy (non-hydrogen) atoms. The lowest BCUT2D eigenvalue weighted by Gasteiger charge is -2.08. The summed E-state index contributed by atoms with van der Waals surface area (Å²) in [5.41, 5.74) is 0.709. The molecular weight excluding hydrogens is 244 g/mol. The van der Waals surface area contributed by atoms with Gasteiger partial charge in [0.25, 0.3) is 0 Å². The molecule has 0 aliphatic heterocycles. The van der Waals surface area contributed by atoms with Gasteiger partial charge in [0.15, 0.2) is 17.2 Å².